The minimum atomic E-state index is -4.40. The van der Waals surface area contributed by atoms with Crippen molar-refractivity contribution in [2.24, 2.45) is 5.73 Å². The lowest BCUT2D eigenvalue weighted by molar-refractivity contribution is -0.137. The maximum Gasteiger partial charge on any atom is 0.416 e. The molecule has 0 radical (unpaired) electrons. The molecule has 12 heteroatoms. The molecule has 2 fully saturated rings. The van der Waals surface area contributed by atoms with E-state index in [1.807, 2.05) is 24.4 Å². The number of piperidine rings is 1. The van der Waals surface area contributed by atoms with Gasteiger partial charge in [0, 0.05) is 77.5 Å². The molecule has 3 aromatic carbocycles. The summed E-state index contributed by atoms with van der Waals surface area (Å²) >= 11 is 12.9. The van der Waals surface area contributed by atoms with Gasteiger partial charge in [-0.1, -0.05) is 47.5 Å². The van der Waals surface area contributed by atoms with Crippen LogP contribution in [0.25, 0.3) is 22.0 Å². The molecule has 1 amide bonds. The van der Waals surface area contributed by atoms with Crippen molar-refractivity contribution in [3.05, 3.63) is 93.6 Å². The van der Waals surface area contributed by atoms with Crippen LogP contribution in [0.1, 0.15) is 42.4 Å². The van der Waals surface area contributed by atoms with Gasteiger partial charge >= 0.3 is 6.18 Å². The van der Waals surface area contributed by atoms with E-state index >= 15 is 0 Å². The molecule has 49 heavy (non-hydrogen) atoms. The normalized spacial score (nSPS) is 17.7. The summed E-state index contributed by atoms with van der Waals surface area (Å²) in [6, 6.07) is 17.4. The third-order valence-corrected chi connectivity index (χ3v) is 10.5. The van der Waals surface area contributed by atoms with Gasteiger partial charge in [-0.15, -0.1) is 0 Å². The van der Waals surface area contributed by atoms with Gasteiger partial charge in [-0.25, -0.2) is 0 Å². The number of hydrogen-bond donors (Lipinski definition) is 3. The van der Waals surface area contributed by atoms with Gasteiger partial charge in [-0.2, -0.15) is 13.2 Å². The molecule has 0 atom stereocenters. The maximum absolute atomic E-state index is 13.4. The lowest BCUT2D eigenvalue weighted by atomic mass is 9.88. The molecule has 6 rings (SSSR count). The third kappa shape index (κ3) is 8.61. The Kier molecular flexibility index (Phi) is 11.2. The largest absolute Gasteiger partial charge is 0.416 e. The zero-order valence-electron chi connectivity index (χ0n) is 27.5. The van der Waals surface area contributed by atoms with E-state index in [4.69, 9.17) is 28.9 Å². The number of nitrogens with one attached hydrogen (secondary N) is 2. The van der Waals surface area contributed by atoms with Gasteiger partial charge in [-0.3, -0.25) is 14.6 Å². The zero-order valence-corrected chi connectivity index (χ0v) is 29.0. The number of carbonyl (C=O) groups is 1. The van der Waals surface area contributed by atoms with Crippen molar-refractivity contribution in [2.45, 2.75) is 57.0 Å². The van der Waals surface area contributed by atoms with E-state index in [0.717, 1.165) is 97.5 Å². The molecule has 2 aliphatic heterocycles. The van der Waals surface area contributed by atoms with E-state index in [-0.39, 0.29) is 5.91 Å². The quantitative estimate of drug-likeness (QED) is 0.155. The second-order valence-corrected chi connectivity index (χ2v) is 14.1. The minimum Gasteiger partial charge on any atom is -0.354 e. The highest BCUT2D eigenvalue weighted by Crippen LogP contribution is 2.35. The molecular weight excluding hydrogens is 672 g/mol. The van der Waals surface area contributed by atoms with Crippen LogP contribution in [-0.4, -0.2) is 71.6 Å². The molecule has 2 saturated heterocycles. The van der Waals surface area contributed by atoms with Crippen molar-refractivity contribution in [3.8, 4) is 11.1 Å². The van der Waals surface area contributed by atoms with E-state index in [1.165, 1.54) is 0 Å². The monoisotopic (exact) mass is 714 g/mol. The number of hydrogen-bond acceptors (Lipinski definition) is 5. The van der Waals surface area contributed by atoms with Crippen molar-refractivity contribution < 1.29 is 18.0 Å². The lowest BCUT2D eigenvalue weighted by Crippen LogP contribution is -2.59. The summed E-state index contributed by atoms with van der Waals surface area (Å²) < 4.78 is 42.2. The maximum atomic E-state index is 13.4. The van der Waals surface area contributed by atoms with Crippen LogP contribution >= 0.6 is 23.2 Å². The third-order valence-electron chi connectivity index (χ3n) is 9.81. The molecule has 0 aliphatic carbocycles. The Morgan fingerprint density at radius 3 is 2.27 bits per heavy atom. The number of benzene rings is 3. The van der Waals surface area contributed by atoms with E-state index < -0.39 is 17.3 Å². The molecule has 1 aromatic heterocycles. The number of nitrogens with zero attached hydrogens (tertiary/aromatic N) is 3. The Bertz CT molecular complexity index is 1730. The number of nitrogens with two attached hydrogens (primary N) is 1. The summed E-state index contributed by atoms with van der Waals surface area (Å²) in [6.45, 7) is 7.70. The summed E-state index contributed by atoms with van der Waals surface area (Å²) in [5, 5.41) is 8.61. The number of fused-ring (bicyclic) bond motifs is 1. The summed E-state index contributed by atoms with van der Waals surface area (Å²) in [6.07, 6.45) is 0.514. The molecule has 0 spiro atoms. The van der Waals surface area contributed by atoms with E-state index in [0.29, 0.717) is 48.9 Å². The number of halogens is 5. The molecule has 2 aliphatic rings. The van der Waals surface area contributed by atoms with Gasteiger partial charge in [0.25, 0.3) is 0 Å². The standard InChI is InChI=1S/C37H43Cl2F3N6O/c38-32-4-1-5-33(39)31(32)24-47-18-3-17-46(20-21-47)23-26-6-11-34-29(22-26)30(27-7-9-28(10-8-27)37(40,41)42)25-48(34)19-2-14-45-35(49)36(43)12-15-44-16-13-36/h1,4-11,22,25,44H,2-3,12-21,23-24,43H2,(H,45,49). The van der Waals surface area contributed by atoms with Crippen LogP contribution in [0.2, 0.25) is 10.0 Å². The van der Waals surface area contributed by atoms with Crippen LogP contribution in [0.15, 0.2) is 66.9 Å². The number of carbonyl (C=O) groups excluding carboxylic acids is 1. The number of aryl methyl sites for hydroxylation is 1. The Morgan fingerprint density at radius 1 is 0.918 bits per heavy atom. The fraction of sp³-hybridized carbons (Fsp3) is 0.432. The molecule has 262 valence electrons. The summed E-state index contributed by atoms with van der Waals surface area (Å²) in [7, 11) is 0. The Balaban J connectivity index is 1.17. The Morgan fingerprint density at radius 2 is 1.59 bits per heavy atom. The first-order valence-electron chi connectivity index (χ1n) is 17.0. The molecule has 7 nitrogen and oxygen atoms in total. The lowest BCUT2D eigenvalue weighted by Gasteiger charge is -2.32. The van der Waals surface area contributed by atoms with Gasteiger partial charge < -0.3 is 20.9 Å². The highest BCUT2D eigenvalue weighted by molar-refractivity contribution is 6.36. The number of rotatable bonds is 10. The summed E-state index contributed by atoms with van der Waals surface area (Å²) in [5.74, 6) is -0.120. The zero-order chi connectivity index (χ0) is 34.6. The first-order chi connectivity index (χ1) is 23.5. The SMILES string of the molecule is NC1(C(=O)NCCCn2cc(-c3ccc(C(F)(F)F)cc3)c3cc(CN4CCCN(Cc5c(Cl)cccc5Cl)CC4)ccc32)CCNCC1. The fourth-order valence-electron chi connectivity index (χ4n) is 6.93. The highest BCUT2D eigenvalue weighted by Gasteiger charge is 2.35. The van der Waals surface area contributed by atoms with Crippen LogP contribution in [0, 0.1) is 0 Å². The van der Waals surface area contributed by atoms with Crippen molar-refractivity contribution in [1.82, 2.24) is 25.0 Å². The average molecular weight is 716 g/mol. The minimum absolute atomic E-state index is 0.120. The molecule has 4 N–H and O–H groups in total. The van der Waals surface area contributed by atoms with Crippen LogP contribution in [0.4, 0.5) is 13.2 Å². The topological polar surface area (TPSA) is 78.6 Å². The predicted octanol–water partition coefficient (Wildman–Crippen LogP) is 6.93. The number of aromatic nitrogens is 1. The summed E-state index contributed by atoms with van der Waals surface area (Å²) in [4.78, 5) is 17.6. The number of amides is 1. The van der Waals surface area contributed by atoms with Crippen LogP contribution in [0.5, 0.6) is 0 Å². The highest BCUT2D eigenvalue weighted by atomic mass is 35.5. The average Bonchev–Trinajstić information content (AvgIpc) is 3.28. The van der Waals surface area contributed by atoms with Crippen LogP contribution in [0.3, 0.4) is 0 Å². The molecular formula is C37H43Cl2F3N6O. The molecule has 0 unspecified atom stereocenters. The first kappa shape index (κ1) is 35.7. The van der Waals surface area contributed by atoms with Crippen molar-refractivity contribution in [1.29, 1.82) is 0 Å². The second-order valence-electron chi connectivity index (χ2n) is 13.3. The molecule has 0 saturated carbocycles. The van der Waals surface area contributed by atoms with Crippen molar-refractivity contribution in [2.75, 3.05) is 45.8 Å². The van der Waals surface area contributed by atoms with Gasteiger partial charge in [0.05, 0.1) is 11.1 Å². The van der Waals surface area contributed by atoms with E-state index in [9.17, 15) is 18.0 Å². The number of alkyl halides is 3. The Labute approximate surface area is 295 Å². The second kappa shape index (κ2) is 15.4. The Hall–Kier alpha value is -3.12. The fourth-order valence-corrected chi connectivity index (χ4v) is 7.45. The van der Waals surface area contributed by atoms with E-state index in [2.05, 4.69) is 43.2 Å². The van der Waals surface area contributed by atoms with Crippen molar-refractivity contribution in [3.63, 3.8) is 0 Å². The van der Waals surface area contributed by atoms with Crippen LogP contribution < -0.4 is 16.4 Å². The van der Waals surface area contributed by atoms with Gasteiger partial charge in [0.15, 0.2) is 0 Å². The van der Waals surface area contributed by atoms with Crippen LogP contribution in [-0.2, 0) is 30.6 Å². The molecule has 3 heterocycles. The molecule has 0 bridgehead atoms. The van der Waals surface area contributed by atoms with Gasteiger partial charge in [0.1, 0.15) is 0 Å². The van der Waals surface area contributed by atoms with E-state index in [1.54, 1.807) is 12.1 Å². The predicted molar refractivity (Wildman–Crippen MR) is 191 cm³/mol. The first-order valence-corrected chi connectivity index (χ1v) is 17.7. The smallest absolute Gasteiger partial charge is 0.354 e. The summed E-state index contributed by atoms with van der Waals surface area (Å²) in [5.41, 5.74) is 9.56. The van der Waals surface area contributed by atoms with Gasteiger partial charge in [-0.05, 0) is 99.4 Å². The van der Waals surface area contributed by atoms with Gasteiger partial charge in [0.2, 0.25) is 5.91 Å². The van der Waals surface area contributed by atoms with Crippen molar-refractivity contribution >= 4 is 40.0 Å². The molecule has 4 aromatic rings.